The van der Waals surface area contributed by atoms with E-state index in [4.69, 9.17) is 9.47 Å². The molecule has 148 valence electrons. The van der Waals surface area contributed by atoms with Crippen molar-refractivity contribution in [2.24, 2.45) is 0 Å². The number of anilines is 1. The van der Waals surface area contributed by atoms with Crippen LogP contribution in [0.1, 0.15) is 22.3 Å². The lowest BCUT2D eigenvalue weighted by Crippen LogP contribution is -2.24. The molecular weight excluding hydrogens is 364 g/mol. The number of hydrogen-bond donors (Lipinski definition) is 2. The van der Waals surface area contributed by atoms with E-state index in [2.05, 4.69) is 41.8 Å². The first-order chi connectivity index (χ1) is 14.2. The van der Waals surface area contributed by atoms with Crippen LogP contribution in [0.15, 0.2) is 66.7 Å². The van der Waals surface area contributed by atoms with Crippen molar-refractivity contribution in [3.8, 4) is 11.5 Å². The Bertz CT molecular complexity index is 999. The van der Waals surface area contributed by atoms with Crippen LogP contribution in [0.4, 0.5) is 5.69 Å². The van der Waals surface area contributed by atoms with Gasteiger partial charge in [0, 0.05) is 18.8 Å². The molecule has 29 heavy (non-hydrogen) atoms. The Kier molecular flexibility index (Phi) is 5.66. The predicted molar refractivity (Wildman–Crippen MR) is 113 cm³/mol. The van der Waals surface area contributed by atoms with Gasteiger partial charge in [0.2, 0.25) is 12.7 Å². The number of ether oxygens (including phenoxy) is 2. The van der Waals surface area contributed by atoms with Gasteiger partial charge >= 0.3 is 0 Å². The van der Waals surface area contributed by atoms with E-state index in [9.17, 15) is 4.79 Å². The van der Waals surface area contributed by atoms with E-state index in [1.165, 1.54) is 11.1 Å². The van der Waals surface area contributed by atoms with Crippen molar-refractivity contribution in [3.05, 3.63) is 89.0 Å². The van der Waals surface area contributed by atoms with E-state index >= 15 is 0 Å². The zero-order valence-corrected chi connectivity index (χ0v) is 16.4. The second kappa shape index (κ2) is 8.69. The molecule has 1 heterocycles. The smallest absolute Gasteiger partial charge is 0.231 e. The molecule has 3 aromatic carbocycles. The number of aryl methyl sites for hydroxylation is 1. The van der Waals surface area contributed by atoms with Crippen molar-refractivity contribution in [2.45, 2.75) is 26.4 Å². The normalized spacial score (nSPS) is 11.9. The molecule has 0 saturated carbocycles. The molecule has 0 aliphatic carbocycles. The van der Waals surface area contributed by atoms with Crippen LogP contribution < -0.4 is 20.1 Å². The van der Waals surface area contributed by atoms with Crippen LogP contribution >= 0.6 is 0 Å². The van der Waals surface area contributed by atoms with Gasteiger partial charge in [0.05, 0.1) is 6.42 Å². The SMILES string of the molecule is Cc1cccc(CNc2ccc(CC(=O)NCc3ccc4c(c3)OCO4)cc2)c1. The number of benzene rings is 3. The largest absolute Gasteiger partial charge is 0.454 e. The van der Waals surface area contributed by atoms with Crippen LogP contribution in [0.2, 0.25) is 0 Å². The highest BCUT2D eigenvalue weighted by atomic mass is 16.7. The zero-order chi connectivity index (χ0) is 20.1. The highest BCUT2D eigenvalue weighted by Crippen LogP contribution is 2.32. The summed E-state index contributed by atoms with van der Waals surface area (Å²) in [6.45, 7) is 3.58. The molecule has 0 unspecified atom stereocenters. The monoisotopic (exact) mass is 388 g/mol. The summed E-state index contributed by atoms with van der Waals surface area (Å²) in [4.78, 5) is 12.3. The first-order valence-electron chi connectivity index (χ1n) is 9.69. The molecule has 1 aliphatic rings. The minimum Gasteiger partial charge on any atom is -0.454 e. The van der Waals surface area contributed by atoms with Crippen molar-refractivity contribution >= 4 is 11.6 Å². The van der Waals surface area contributed by atoms with Gasteiger partial charge in [-0.25, -0.2) is 0 Å². The first-order valence-corrected chi connectivity index (χ1v) is 9.69. The number of amides is 1. The highest BCUT2D eigenvalue weighted by molar-refractivity contribution is 5.78. The zero-order valence-electron chi connectivity index (χ0n) is 16.4. The Morgan fingerprint density at radius 1 is 0.862 bits per heavy atom. The van der Waals surface area contributed by atoms with Crippen LogP contribution in [0, 0.1) is 6.92 Å². The second-order valence-corrected chi connectivity index (χ2v) is 7.18. The van der Waals surface area contributed by atoms with Crippen molar-refractivity contribution in [1.29, 1.82) is 0 Å². The second-order valence-electron chi connectivity index (χ2n) is 7.18. The molecule has 3 aromatic rings. The standard InChI is InChI=1S/C24H24N2O3/c1-17-3-2-4-19(11-17)14-25-21-8-5-18(6-9-21)13-24(27)26-15-20-7-10-22-23(12-20)29-16-28-22/h2-12,25H,13-16H2,1H3,(H,26,27). The summed E-state index contributed by atoms with van der Waals surface area (Å²) in [7, 11) is 0. The van der Waals surface area contributed by atoms with Gasteiger partial charge in [-0.3, -0.25) is 4.79 Å². The Labute approximate surface area is 170 Å². The Morgan fingerprint density at radius 3 is 2.45 bits per heavy atom. The topological polar surface area (TPSA) is 59.6 Å². The summed E-state index contributed by atoms with van der Waals surface area (Å²) in [5.41, 5.74) is 5.51. The summed E-state index contributed by atoms with van der Waals surface area (Å²) in [5, 5.41) is 6.37. The lowest BCUT2D eigenvalue weighted by Gasteiger charge is -2.09. The number of hydrogen-bond acceptors (Lipinski definition) is 4. The summed E-state index contributed by atoms with van der Waals surface area (Å²) in [5.74, 6) is 1.46. The Hall–Kier alpha value is -3.47. The minimum atomic E-state index is -0.0110. The van der Waals surface area contributed by atoms with Crippen molar-refractivity contribution < 1.29 is 14.3 Å². The van der Waals surface area contributed by atoms with Crippen molar-refractivity contribution in [1.82, 2.24) is 5.32 Å². The van der Waals surface area contributed by atoms with E-state index < -0.39 is 0 Å². The van der Waals surface area contributed by atoms with Crippen molar-refractivity contribution in [3.63, 3.8) is 0 Å². The third-order valence-corrected chi connectivity index (χ3v) is 4.82. The fourth-order valence-corrected chi connectivity index (χ4v) is 3.27. The fourth-order valence-electron chi connectivity index (χ4n) is 3.27. The molecule has 0 atom stereocenters. The van der Waals surface area contributed by atoms with Gasteiger partial charge in [-0.1, -0.05) is 48.0 Å². The average Bonchev–Trinajstić information content (AvgIpc) is 3.20. The van der Waals surface area contributed by atoms with E-state index in [0.29, 0.717) is 13.0 Å². The number of carbonyl (C=O) groups is 1. The molecule has 0 aromatic heterocycles. The summed E-state index contributed by atoms with van der Waals surface area (Å²) >= 11 is 0. The molecular formula is C24H24N2O3. The lowest BCUT2D eigenvalue weighted by molar-refractivity contribution is -0.120. The molecule has 5 heteroatoms. The first kappa shape index (κ1) is 18.9. The van der Waals surface area contributed by atoms with Gasteiger partial charge in [0.1, 0.15) is 0 Å². The van der Waals surface area contributed by atoms with Gasteiger partial charge < -0.3 is 20.1 Å². The fraction of sp³-hybridized carbons (Fsp3) is 0.208. The maximum absolute atomic E-state index is 12.3. The van der Waals surface area contributed by atoms with Crippen LogP contribution in [0.5, 0.6) is 11.5 Å². The maximum Gasteiger partial charge on any atom is 0.231 e. The van der Waals surface area contributed by atoms with E-state index in [-0.39, 0.29) is 12.7 Å². The third-order valence-electron chi connectivity index (χ3n) is 4.82. The van der Waals surface area contributed by atoms with E-state index in [1.807, 2.05) is 42.5 Å². The quantitative estimate of drug-likeness (QED) is 0.637. The van der Waals surface area contributed by atoms with E-state index in [0.717, 1.165) is 34.9 Å². The number of fused-ring (bicyclic) bond motifs is 1. The molecule has 1 aliphatic heterocycles. The van der Waals surface area contributed by atoms with Gasteiger partial charge in [-0.05, 0) is 47.9 Å². The molecule has 0 fully saturated rings. The summed E-state index contributed by atoms with van der Waals surface area (Å²) in [6, 6.07) is 22.1. The number of carbonyl (C=O) groups excluding carboxylic acids is 1. The Morgan fingerprint density at radius 2 is 1.62 bits per heavy atom. The minimum absolute atomic E-state index is 0.0110. The lowest BCUT2D eigenvalue weighted by atomic mass is 10.1. The van der Waals surface area contributed by atoms with Gasteiger partial charge in [-0.15, -0.1) is 0 Å². The van der Waals surface area contributed by atoms with Crippen LogP contribution in [-0.4, -0.2) is 12.7 Å². The van der Waals surface area contributed by atoms with E-state index in [1.54, 1.807) is 0 Å². The summed E-state index contributed by atoms with van der Waals surface area (Å²) in [6.07, 6.45) is 0.350. The molecule has 0 spiro atoms. The Balaban J connectivity index is 1.25. The molecule has 0 saturated heterocycles. The molecule has 2 N–H and O–H groups in total. The van der Waals surface area contributed by atoms with Gasteiger partial charge in [0.25, 0.3) is 0 Å². The van der Waals surface area contributed by atoms with Crippen LogP contribution in [0.3, 0.4) is 0 Å². The highest BCUT2D eigenvalue weighted by Gasteiger charge is 2.13. The van der Waals surface area contributed by atoms with Crippen LogP contribution in [0.25, 0.3) is 0 Å². The van der Waals surface area contributed by atoms with Crippen molar-refractivity contribution in [2.75, 3.05) is 12.1 Å². The number of rotatable bonds is 7. The van der Waals surface area contributed by atoms with Crippen LogP contribution in [-0.2, 0) is 24.3 Å². The third kappa shape index (κ3) is 5.08. The molecule has 5 nitrogen and oxygen atoms in total. The maximum atomic E-state index is 12.3. The van der Waals surface area contributed by atoms with Gasteiger partial charge in [0.15, 0.2) is 11.5 Å². The average molecular weight is 388 g/mol. The van der Waals surface area contributed by atoms with Gasteiger partial charge in [-0.2, -0.15) is 0 Å². The number of nitrogens with one attached hydrogen (secondary N) is 2. The summed E-state index contributed by atoms with van der Waals surface area (Å²) < 4.78 is 10.7. The molecule has 0 bridgehead atoms. The molecule has 4 rings (SSSR count). The predicted octanol–water partition coefficient (Wildman–Crippen LogP) is 4.19. The molecule has 1 amide bonds. The molecule has 0 radical (unpaired) electrons.